The van der Waals surface area contributed by atoms with Gasteiger partial charge in [-0.2, -0.15) is 8.78 Å². The molecule has 1 atom stereocenters. The van der Waals surface area contributed by atoms with Crippen molar-refractivity contribution in [1.29, 1.82) is 5.41 Å². The van der Waals surface area contributed by atoms with E-state index in [1.165, 1.54) is 18.3 Å². The lowest BCUT2D eigenvalue weighted by molar-refractivity contribution is -0.127. The summed E-state index contributed by atoms with van der Waals surface area (Å²) in [6.07, 6.45) is 3.10. The van der Waals surface area contributed by atoms with Crippen LogP contribution >= 0.6 is 0 Å². The minimum atomic E-state index is -2.87. The summed E-state index contributed by atoms with van der Waals surface area (Å²) in [5, 5.41) is 10.4. The highest BCUT2D eigenvalue weighted by Crippen LogP contribution is 2.24. The highest BCUT2D eigenvalue weighted by molar-refractivity contribution is 5.79. The lowest BCUT2D eigenvalue weighted by Gasteiger charge is -2.33. The fraction of sp³-hybridized carbons (Fsp3) is 0.474. The minimum Gasteiger partial charge on any atom is -0.435 e. The molecule has 1 aliphatic heterocycles. The number of likely N-dealkylation sites (tertiary alicyclic amines) is 1. The summed E-state index contributed by atoms with van der Waals surface area (Å²) in [5.41, 5.74) is 1.76. The predicted molar refractivity (Wildman–Crippen MR) is 96.5 cm³/mol. The molecular formula is C19H25F2N3O2. The largest absolute Gasteiger partial charge is 0.435 e. The molecule has 26 heavy (non-hydrogen) atoms. The number of rotatable bonds is 8. The fourth-order valence-electron chi connectivity index (χ4n) is 3.09. The molecule has 0 aliphatic carbocycles. The molecule has 1 saturated heterocycles. The molecule has 0 bridgehead atoms. The second-order valence-corrected chi connectivity index (χ2v) is 6.45. The van der Waals surface area contributed by atoms with Crippen molar-refractivity contribution in [3.8, 4) is 5.75 Å². The van der Waals surface area contributed by atoms with E-state index in [9.17, 15) is 13.6 Å². The van der Waals surface area contributed by atoms with Crippen molar-refractivity contribution in [2.24, 2.45) is 5.92 Å². The molecule has 1 amide bonds. The van der Waals surface area contributed by atoms with Gasteiger partial charge in [0.2, 0.25) is 5.91 Å². The van der Waals surface area contributed by atoms with Gasteiger partial charge in [-0.05, 0) is 43.7 Å². The molecule has 1 aromatic carbocycles. The zero-order chi connectivity index (χ0) is 19.1. The number of nitrogens with zero attached hydrogens (tertiary/aromatic N) is 1. The first kappa shape index (κ1) is 19.9. The van der Waals surface area contributed by atoms with Crippen molar-refractivity contribution in [3.05, 3.63) is 42.1 Å². The van der Waals surface area contributed by atoms with Crippen molar-refractivity contribution in [1.82, 2.24) is 10.2 Å². The maximum atomic E-state index is 12.6. The van der Waals surface area contributed by atoms with Gasteiger partial charge in [0.05, 0.1) is 6.04 Å². The number of alkyl halides is 2. The summed E-state index contributed by atoms with van der Waals surface area (Å²) < 4.78 is 28.8. The normalized spacial score (nSPS) is 16.2. The molecule has 0 radical (unpaired) electrons. The molecule has 1 heterocycles. The van der Waals surface area contributed by atoms with Gasteiger partial charge < -0.3 is 20.4 Å². The monoisotopic (exact) mass is 365 g/mol. The summed E-state index contributed by atoms with van der Waals surface area (Å²) in [6, 6.07) is 5.79. The number of hydrogen-bond acceptors (Lipinski definition) is 4. The van der Waals surface area contributed by atoms with Crippen molar-refractivity contribution < 1.29 is 18.3 Å². The molecule has 0 aromatic heterocycles. The van der Waals surface area contributed by atoms with Crippen LogP contribution in [0.25, 0.3) is 0 Å². The van der Waals surface area contributed by atoms with Gasteiger partial charge in [-0.1, -0.05) is 18.7 Å². The Hall–Kier alpha value is -2.44. The lowest BCUT2D eigenvalue weighted by atomic mass is 9.94. The third-order valence-electron chi connectivity index (χ3n) is 4.58. The molecule has 2 rings (SSSR count). The molecular weight excluding hydrogens is 340 g/mol. The van der Waals surface area contributed by atoms with E-state index in [-0.39, 0.29) is 23.6 Å². The van der Waals surface area contributed by atoms with Gasteiger partial charge in [-0.25, -0.2) is 0 Å². The van der Waals surface area contributed by atoms with Gasteiger partial charge in [-0.15, -0.1) is 0 Å². The van der Waals surface area contributed by atoms with Crippen molar-refractivity contribution in [3.63, 3.8) is 0 Å². The van der Waals surface area contributed by atoms with Crippen LogP contribution in [0.1, 0.15) is 37.8 Å². The maximum Gasteiger partial charge on any atom is 0.387 e. The van der Waals surface area contributed by atoms with Crippen LogP contribution in [0.5, 0.6) is 5.75 Å². The number of carbonyl (C=O) groups excluding carboxylic acids is 1. The van der Waals surface area contributed by atoms with Crippen molar-refractivity contribution >= 4 is 12.1 Å². The molecule has 142 valence electrons. The third-order valence-corrected chi connectivity index (χ3v) is 4.58. The molecule has 5 nitrogen and oxygen atoms in total. The minimum absolute atomic E-state index is 0.0360. The lowest BCUT2D eigenvalue weighted by Crippen LogP contribution is -2.41. The predicted octanol–water partition coefficient (Wildman–Crippen LogP) is 3.73. The highest BCUT2D eigenvalue weighted by atomic mass is 19.3. The number of benzene rings is 1. The number of nitrogens with one attached hydrogen (secondary N) is 2. The fourth-order valence-corrected chi connectivity index (χ4v) is 3.09. The molecule has 1 aromatic rings. The van der Waals surface area contributed by atoms with E-state index in [2.05, 4.69) is 21.5 Å². The van der Waals surface area contributed by atoms with Gasteiger partial charge >= 0.3 is 6.61 Å². The number of hydrogen-bond donors (Lipinski definition) is 2. The van der Waals surface area contributed by atoms with Crippen LogP contribution in [0, 0.1) is 11.3 Å². The Balaban J connectivity index is 1.98. The molecule has 0 saturated carbocycles. The zero-order valence-electron chi connectivity index (χ0n) is 14.9. The van der Waals surface area contributed by atoms with E-state index in [0.29, 0.717) is 6.42 Å². The quantitative estimate of drug-likeness (QED) is 0.690. The summed E-state index contributed by atoms with van der Waals surface area (Å²) in [4.78, 5) is 14.8. The Bertz CT molecular complexity index is 626. The van der Waals surface area contributed by atoms with E-state index in [0.717, 1.165) is 37.2 Å². The van der Waals surface area contributed by atoms with Gasteiger partial charge in [0.1, 0.15) is 5.75 Å². The zero-order valence-corrected chi connectivity index (χ0v) is 14.9. The number of carbonyl (C=O) groups is 1. The average Bonchev–Trinajstić information content (AvgIpc) is 2.61. The maximum absolute atomic E-state index is 12.6. The number of allylic oxidation sites excluding steroid dienone is 1. The van der Waals surface area contributed by atoms with Gasteiger partial charge in [-0.3, -0.25) is 4.79 Å². The molecule has 0 spiro atoms. The van der Waals surface area contributed by atoms with Crippen LogP contribution in [0.15, 0.2) is 36.5 Å². The third kappa shape index (κ3) is 5.54. The van der Waals surface area contributed by atoms with Crippen LogP contribution in [-0.4, -0.2) is 36.7 Å². The summed E-state index contributed by atoms with van der Waals surface area (Å²) in [6.45, 7) is 4.63. The van der Waals surface area contributed by atoms with Crippen LogP contribution in [0.4, 0.5) is 8.78 Å². The molecule has 1 aliphatic rings. The number of halogens is 2. The van der Waals surface area contributed by atoms with Gasteiger partial charge in [0.15, 0.2) is 0 Å². The Morgan fingerprint density at radius 3 is 2.50 bits per heavy atom. The standard InChI is InChI=1S/C19H25F2N3O2/c1-13(2)24-11-8-15(9-12-24)18(25)23-17(7-10-22)14-3-5-16(6-4-14)26-19(20)21/h3-6,10,15,17,19,22H,1,7-9,11-12H2,2H3,(H,23,25). The van der Waals surface area contributed by atoms with Crippen LogP contribution in [-0.2, 0) is 4.79 Å². The van der Waals surface area contributed by atoms with E-state index in [4.69, 9.17) is 5.41 Å². The first-order chi connectivity index (χ1) is 12.4. The number of ether oxygens (including phenoxy) is 1. The van der Waals surface area contributed by atoms with E-state index >= 15 is 0 Å². The summed E-state index contributed by atoms with van der Waals surface area (Å²) in [5.74, 6) is -0.0396. The first-order valence-electron chi connectivity index (χ1n) is 8.65. The molecule has 1 unspecified atom stereocenters. The topological polar surface area (TPSA) is 65.4 Å². The Kier molecular flexibility index (Phi) is 7.12. The van der Waals surface area contributed by atoms with E-state index in [1.807, 2.05) is 6.92 Å². The van der Waals surface area contributed by atoms with Gasteiger partial charge in [0.25, 0.3) is 0 Å². The molecule has 1 fully saturated rings. The van der Waals surface area contributed by atoms with E-state index in [1.54, 1.807) is 12.1 Å². The Morgan fingerprint density at radius 2 is 2.00 bits per heavy atom. The summed E-state index contributed by atoms with van der Waals surface area (Å²) in [7, 11) is 0. The second kappa shape index (κ2) is 9.31. The summed E-state index contributed by atoms with van der Waals surface area (Å²) >= 11 is 0. The average molecular weight is 365 g/mol. The SMILES string of the molecule is C=C(C)N1CCC(C(=O)NC(CC=N)c2ccc(OC(F)F)cc2)CC1. The van der Waals surface area contributed by atoms with E-state index < -0.39 is 6.61 Å². The molecule has 2 N–H and O–H groups in total. The highest BCUT2D eigenvalue weighted by Gasteiger charge is 2.26. The van der Waals surface area contributed by atoms with Gasteiger partial charge in [0, 0.05) is 31.1 Å². The van der Waals surface area contributed by atoms with Crippen LogP contribution < -0.4 is 10.1 Å². The number of piperidine rings is 1. The smallest absolute Gasteiger partial charge is 0.387 e. The Labute approximate surface area is 152 Å². The molecule has 7 heteroatoms. The van der Waals surface area contributed by atoms with Crippen molar-refractivity contribution in [2.75, 3.05) is 13.1 Å². The second-order valence-electron chi connectivity index (χ2n) is 6.45. The Morgan fingerprint density at radius 1 is 1.38 bits per heavy atom. The van der Waals surface area contributed by atoms with Crippen molar-refractivity contribution in [2.45, 2.75) is 38.8 Å². The van der Waals surface area contributed by atoms with Crippen LogP contribution in [0.2, 0.25) is 0 Å². The number of amides is 1. The first-order valence-corrected chi connectivity index (χ1v) is 8.65. The van der Waals surface area contributed by atoms with Crippen LogP contribution in [0.3, 0.4) is 0 Å².